The van der Waals surface area contributed by atoms with E-state index in [2.05, 4.69) is 4.74 Å². The van der Waals surface area contributed by atoms with Crippen LogP contribution in [0.25, 0.3) is 0 Å². The Kier molecular flexibility index (Phi) is 5.16. The quantitative estimate of drug-likeness (QED) is 0.258. The Morgan fingerprint density at radius 1 is 1.26 bits per heavy atom. The van der Waals surface area contributed by atoms with Crippen LogP contribution in [0.4, 0.5) is 4.79 Å². The van der Waals surface area contributed by atoms with E-state index < -0.39 is 62.4 Å². The molecule has 0 unspecified atom stereocenters. The summed E-state index contributed by atoms with van der Waals surface area (Å²) >= 11 is 0. The fourth-order valence-corrected chi connectivity index (χ4v) is 5.33. The molecule has 0 aliphatic carbocycles. The number of esters is 2. The van der Waals surface area contributed by atoms with E-state index in [0.29, 0.717) is 0 Å². The average molecular weight is 407 g/mol. The van der Waals surface area contributed by atoms with E-state index in [4.69, 9.17) is 14.2 Å². The maximum absolute atomic E-state index is 12.8. The Hall–Kier alpha value is -2.37. The molecule has 0 aromatic rings. The van der Waals surface area contributed by atoms with Crippen molar-refractivity contribution in [2.24, 2.45) is 0 Å². The number of ether oxygens (including phenoxy) is 4. The second-order valence-electron chi connectivity index (χ2n) is 6.88. The Morgan fingerprint density at radius 3 is 2.33 bits per heavy atom. The number of carbonyl (C=O) groups is 4. The van der Waals surface area contributed by atoms with E-state index in [-0.39, 0.29) is 6.42 Å². The molecule has 0 radical (unpaired) electrons. The summed E-state index contributed by atoms with van der Waals surface area (Å²) in [6.45, 7) is 4.14. The number of hydrogen-bond donors (Lipinski definition) is 0. The van der Waals surface area contributed by atoms with Gasteiger partial charge in [0.15, 0.2) is 15.9 Å². The second-order valence-corrected chi connectivity index (χ2v) is 9.44. The molecule has 1 amide bonds. The van der Waals surface area contributed by atoms with Gasteiger partial charge in [0.05, 0.1) is 13.5 Å². The van der Waals surface area contributed by atoms with Crippen molar-refractivity contribution in [3.8, 4) is 0 Å². The lowest BCUT2D eigenvalue weighted by Crippen LogP contribution is -2.59. The minimum absolute atomic E-state index is 0.274. The van der Waals surface area contributed by atoms with E-state index in [0.717, 1.165) is 18.9 Å². The number of sulfone groups is 1. The van der Waals surface area contributed by atoms with Crippen LogP contribution in [0.3, 0.4) is 0 Å². The van der Waals surface area contributed by atoms with Crippen molar-refractivity contribution in [2.45, 2.75) is 56.1 Å². The largest absolute Gasteiger partial charge is 0.511 e. The zero-order valence-electron chi connectivity index (χ0n) is 15.5. The average Bonchev–Trinajstić information content (AvgIpc) is 2.66. The number of β-lactam (4-membered cyclic amide) rings is 1. The maximum atomic E-state index is 12.8. The van der Waals surface area contributed by atoms with Crippen LogP contribution < -0.4 is 0 Å². The standard InChI is InChI=1S/C15H21NO10S/c1-8(17)24-7-15(4)11(16-9(18)6-10(16)27(15,21)22)12(19)25-14(2,3)26-13(20)23-5/h10-11H,6-7H2,1-5H3/t10-,11+,15+/m1/s1. The van der Waals surface area contributed by atoms with Gasteiger partial charge in [0.2, 0.25) is 5.91 Å². The minimum atomic E-state index is -4.04. The molecule has 152 valence electrons. The van der Waals surface area contributed by atoms with Crippen LogP contribution >= 0.6 is 0 Å². The van der Waals surface area contributed by atoms with Crippen LogP contribution in [0.1, 0.15) is 34.1 Å². The van der Waals surface area contributed by atoms with Crippen molar-refractivity contribution in [3.05, 3.63) is 0 Å². The monoisotopic (exact) mass is 407 g/mol. The van der Waals surface area contributed by atoms with E-state index >= 15 is 0 Å². The lowest BCUT2D eigenvalue weighted by molar-refractivity contribution is -0.208. The van der Waals surface area contributed by atoms with Crippen LogP contribution in [0.15, 0.2) is 0 Å². The molecule has 0 bridgehead atoms. The van der Waals surface area contributed by atoms with Crippen molar-refractivity contribution in [3.63, 3.8) is 0 Å². The van der Waals surface area contributed by atoms with E-state index in [1.807, 2.05) is 0 Å². The molecule has 3 atom stereocenters. The minimum Gasteiger partial charge on any atom is -0.464 e. The summed E-state index contributed by atoms with van der Waals surface area (Å²) in [5, 5.41) is -1.20. The topological polar surface area (TPSA) is 143 Å². The molecule has 2 heterocycles. The molecule has 11 nitrogen and oxygen atoms in total. The third-order valence-electron chi connectivity index (χ3n) is 4.44. The predicted octanol–water partition coefficient (Wildman–Crippen LogP) is -0.274. The van der Waals surface area contributed by atoms with Crippen LogP contribution in [0.2, 0.25) is 0 Å². The molecule has 0 spiro atoms. The molecule has 0 saturated carbocycles. The molecule has 2 aliphatic heterocycles. The number of amides is 1. The molecule has 12 heteroatoms. The number of rotatable bonds is 5. The highest BCUT2D eigenvalue weighted by Gasteiger charge is 2.71. The normalized spacial score (nSPS) is 28.6. The maximum Gasteiger partial charge on any atom is 0.511 e. The van der Waals surface area contributed by atoms with Gasteiger partial charge in [-0.25, -0.2) is 18.0 Å². The smallest absolute Gasteiger partial charge is 0.464 e. The molecule has 0 aromatic carbocycles. The molecular formula is C15H21NO10S. The van der Waals surface area contributed by atoms with Crippen LogP contribution in [-0.4, -0.2) is 73.0 Å². The summed E-state index contributed by atoms with van der Waals surface area (Å²) in [5.74, 6) is -4.20. The van der Waals surface area contributed by atoms with Gasteiger partial charge in [-0.05, 0) is 6.92 Å². The zero-order chi connectivity index (χ0) is 20.8. The van der Waals surface area contributed by atoms with Gasteiger partial charge in [-0.2, -0.15) is 0 Å². The Labute approximate surface area is 155 Å². The number of carbonyl (C=O) groups excluding carboxylic acids is 4. The van der Waals surface area contributed by atoms with Crippen molar-refractivity contribution >= 4 is 33.8 Å². The van der Waals surface area contributed by atoms with Crippen LogP contribution in [0.5, 0.6) is 0 Å². The first-order valence-corrected chi connectivity index (χ1v) is 9.49. The highest BCUT2D eigenvalue weighted by atomic mass is 32.2. The van der Waals surface area contributed by atoms with Crippen LogP contribution in [-0.2, 0) is 43.2 Å². The molecular weight excluding hydrogens is 386 g/mol. The van der Waals surface area contributed by atoms with Gasteiger partial charge >= 0.3 is 18.1 Å². The van der Waals surface area contributed by atoms with Gasteiger partial charge in [-0.1, -0.05) is 0 Å². The summed E-state index contributed by atoms with van der Waals surface area (Å²) < 4.78 is 42.9. The summed E-state index contributed by atoms with van der Waals surface area (Å²) in [6.07, 6.45) is -1.39. The molecule has 0 aromatic heterocycles. The van der Waals surface area contributed by atoms with Crippen LogP contribution in [0, 0.1) is 0 Å². The number of nitrogens with zero attached hydrogens (tertiary/aromatic N) is 1. The van der Waals surface area contributed by atoms with Gasteiger partial charge in [0, 0.05) is 20.8 Å². The summed E-state index contributed by atoms with van der Waals surface area (Å²) in [7, 11) is -2.98. The lowest BCUT2D eigenvalue weighted by atomic mass is 9.97. The number of methoxy groups -OCH3 is 1. The first-order valence-electron chi connectivity index (χ1n) is 7.94. The first kappa shape index (κ1) is 20.9. The van der Waals surface area contributed by atoms with Crippen molar-refractivity contribution in [2.75, 3.05) is 13.7 Å². The van der Waals surface area contributed by atoms with E-state index in [1.54, 1.807) is 0 Å². The predicted molar refractivity (Wildman–Crippen MR) is 86.7 cm³/mol. The first-order chi connectivity index (χ1) is 12.3. The van der Waals surface area contributed by atoms with Gasteiger partial charge in [-0.3, -0.25) is 9.59 Å². The van der Waals surface area contributed by atoms with Gasteiger partial charge in [0.1, 0.15) is 16.7 Å². The van der Waals surface area contributed by atoms with Gasteiger partial charge < -0.3 is 23.8 Å². The number of fused-ring (bicyclic) bond motifs is 1. The van der Waals surface area contributed by atoms with Crippen molar-refractivity contribution < 1.29 is 46.5 Å². The SMILES string of the molecule is COC(=O)OC(C)(C)OC(=O)[C@@H]1N2C(=O)C[C@H]2S(=O)(=O)[C@@]1(C)COC(C)=O. The highest BCUT2D eigenvalue weighted by molar-refractivity contribution is 7.94. The zero-order valence-corrected chi connectivity index (χ0v) is 16.3. The number of hydrogen-bond acceptors (Lipinski definition) is 10. The molecule has 2 aliphatic rings. The third kappa shape index (κ3) is 3.45. The second kappa shape index (κ2) is 6.66. The van der Waals surface area contributed by atoms with E-state index in [1.165, 1.54) is 20.8 Å². The fourth-order valence-electron chi connectivity index (χ4n) is 3.06. The molecule has 2 rings (SSSR count). The summed E-state index contributed by atoms with van der Waals surface area (Å²) in [6, 6.07) is -1.56. The van der Waals surface area contributed by atoms with E-state index in [9.17, 15) is 27.6 Å². The van der Waals surface area contributed by atoms with Gasteiger partial charge in [-0.15, -0.1) is 0 Å². The summed E-state index contributed by atoms with van der Waals surface area (Å²) in [4.78, 5) is 48.1. The molecule has 27 heavy (non-hydrogen) atoms. The van der Waals surface area contributed by atoms with Gasteiger partial charge in [0.25, 0.3) is 5.79 Å². The fraction of sp³-hybridized carbons (Fsp3) is 0.733. The molecule has 2 fully saturated rings. The Bertz CT molecular complexity index is 788. The molecule has 2 saturated heterocycles. The molecule has 0 N–H and O–H groups in total. The summed E-state index contributed by atoms with van der Waals surface area (Å²) in [5.41, 5.74) is 0. The highest BCUT2D eigenvalue weighted by Crippen LogP contribution is 2.46. The lowest BCUT2D eigenvalue weighted by Gasteiger charge is -2.37. The van der Waals surface area contributed by atoms with Crippen molar-refractivity contribution in [1.82, 2.24) is 4.90 Å². The van der Waals surface area contributed by atoms with Crippen molar-refractivity contribution in [1.29, 1.82) is 0 Å². The Morgan fingerprint density at radius 2 is 1.85 bits per heavy atom. The Balaban J connectivity index is 2.35. The third-order valence-corrected chi connectivity index (χ3v) is 7.19.